The van der Waals surface area contributed by atoms with Crippen molar-refractivity contribution in [2.24, 2.45) is 11.8 Å². The Morgan fingerprint density at radius 3 is 1.80 bits per heavy atom. The number of methoxy groups -OCH3 is 2. The molecule has 2 saturated heterocycles. The summed E-state index contributed by atoms with van der Waals surface area (Å²) in [5, 5.41) is 6.85. The average Bonchev–Trinajstić information content (AvgIpc) is 4.35. The van der Waals surface area contributed by atoms with Crippen LogP contribution < -0.4 is 34.8 Å². The molecule has 4 fully saturated rings. The van der Waals surface area contributed by atoms with Crippen LogP contribution in [0.15, 0.2) is 60.9 Å². The second kappa shape index (κ2) is 25.9. The first-order valence-electron chi connectivity index (χ1n) is 28.8. The molecule has 80 heavy (non-hydrogen) atoms. The SMILES string of the molecule is CO[C@H]1CCCC1N(C(=O)OC(C)(C)C)c1nccc(N(CC2CCN(C(=O)OC(C)(C)C)CC2)C(=O)c2ccc3c(c2)CCO3)n1.CO[C@H]1CCCC1Nc1nccc(N(CC2CCNCC2)C(=O)c2ccc3c(c2)CCO3)n1. The van der Waals surface area contributed by atoms with Crippen molar-refractivity contribution in [1.29, 1.82) is 0 Å². The van der Waals surface area contributed by atoms with Gasteiger partial charge in [0.05, 0.1) is 37.5 Å². The number of rotatable bonds is 14. The zero-order valence-electron chi connectivity index (χ0n) is 48.0. The number of carbonyl (C=O) groups excluding carboxylic acids is 4. The third kappa shape index (κ3) is 14.6. The molecule has 2 aromatic heterocycles. The number of ether oxygens (including phenoxy) is 6. The van der Waals surface area contributed by atoms with Crippen LogP contribution in [0, 0.1) is 11.8 Å². The van der Waals surface area contributed by atoms with Crippen molar-refractivity contribution >= 4 is 47.5 Å². The quantitative estimate of drug-likeness (QED) is 0.121. The smallest absolute Gasteiger partial charge is 0.417 e. The van der Waals surface area contributed by atoms with Gasteiger partial charge < -0.3 is 44.0 Å². The number of fused-ring (bicyclic) bond motifs is 2. The van der Waals surface area contributed by atoms with Crippen molar-refractivity contribution in [2.45, 2.75) is 154 Å². The van der Waals surface area contributed by atoms with Gasteiger partial charge in [0, 0.05) is 76.8 Å². The first-order valence-corrected chi connectivity index (χ1v) is 28.8. The molecule has 4 atom stereocenters. The summed E-state index contributed by atoms with van der Waals surface area (Å²) in [6.45, 7) is 16.3. The molecule has 4 amide bonds. The van der Waals surface area contributed by atoms with Gasteiger partial charge in [-0.3, -0.25) is 19.4 Å². The highest BCUT2D eigenvalue weighted by atomic mass is 16.6. The van der Waals surface area contributed by atoms with Crippen molar-refractivity contribution in [2.75, 3.05) is 86.7 Å². The highest BCUT2D eigenvalue weighted by molar-refractivity contribution is 6.06. The largest absolute Gasteiger partial charge is 0.493 e. The molecule has 2 unspecified atom stereocenters. The van der Waals surface area contributed by atoms with Crippen molar-refractivity contribution in [3.05, 3.63) is 83.2 Å². The third-order valence-electron chi connectivity index (χ3n) is 15.7. The number of hydrogen-bond donors (Lipinski definition) is 2. The van der Waals surface area contributed by atoms with E-state index in [4.69, 9.17) is 38.4 Å². The van der Waals surface area contributed by atoms with Crippen molar-refractivity contribution in [3.8, 4) is 11.5 Å². The molecule has 2 aliphatic carbocycles. The lowest BCUT2D eigenvalue weighted by atomic mass is 9.96. The Balaban J connectivity index is 0.000000205. The normalized spacial score (nSPS) is 21.0. The van der Waals surface area contributed by atoms with Crippen LogP contribution in [0.1, 0.15) is 138 Å². The number of nitrogens with zero attached hydrogens (tertiary/aromatic N) is 8. The first-order chi connectivity index (χ1) is 38.4. The molecule has 20 heteroatoms. The molecular weight excluding hydrogens is 1020 g/mol. The second-order valence-electron chi connectivity index (χ2n) is 23.8. The summed E-state index contributed by atoms with van der Waals surface area (Å²) >= 11 is 0. The van der Waals surface area contributed by atoms with Crippen LogP contribution in [0.2, 0.25) is 0 Å². The van der Waals surface area contributed by atoms with E-state index in [1.165, 1.54) is 4.90 Å². The second-order valence-corrected chi connectivity index (χ2v) is 23.8. The summed E-state index contributed by atoms with van der Waals surface area (Å²) in [6, 6.07) is 14.7. The Morgan fingerprint density at radius 1 is 0.662 bits per heavy atom. The van der Waals surface area contributed by atoms with Crippen LogP contribution in [0.3, 0.4) is 0 Å². The first kappa shape index (κ1) is 58.0. The number of benzene rings is 2. The monoisotopic (exact) mass is 1100 g/mol. The van der Waals surface area contributed by atoms with E-state index in [1.807, 2.05) is 82.8 Å². The molecule has 10 rings (SSSR count). The molecule has 432 valence electrons. The van der Waals surface area contributed by atoms with Gasteiger partial charge in [0.1, 0.15) is 34.3 Å². The molecule has 6 heterocycles. The van der Waals surface area contributed by atoms with Crippen LogP contribution in [0.25, 0.3) is 0 Å². The summed E-state index contributed by atoms with van der Waals surface area (Å²) in [5.41, 5.74) is 1.99. The minimum atomic E-state index is -0.735. The summed E-state index contributed by atoms with van der Waals surface area (Å²) in [7, 11) is 3.40. The predicted octanol–water partition coefficient (Wildman–Crippen LogP) is 9.05. The molecule has 4 aliphatic heterocycles. The standard InChI is InChI=1S/C35H49N5O7.C25H33N5O3/c1-34(2,3)46-32(42)38-18-14-23(15-19-38)22-39(30(41)25-11-12-27-24(21-25)16-20-45-27)29-13-17-36-31(37-29)40(33(43)47-35(4,5)6)26-9-8-10-28(26)44-7;1-32-22-4-2-3-20(22)28-25-27-13-9-23(29-25)30(16-17-7-11-26-12-8-17)24(31)19-5-6-21-18(15-19)10-14-33-21/h11-13,17,21,23,26,28H,8-10,14-16,18-20,22H2,1-7H3;5-6,9,13,15,17,20,22,26H,2-4,7-8,10-12,14,16H2,1H3,(H,27,28,29)/t26?,28-;20?,22-/m00/s1. The Bertz CT molecular complexity index is 2790. The predicted molar refractivity (Wildman–Crippen MR) is 304 cm³/mol. The van der Waals surface area contributed by atoms with E-state index in [-0.39, 0.29) is 54.1 Å². The van der Waals surface area contributed by atoms with Crippen LogP contribution in [0.4, 0.5) is 33.1 Å². The molecule has 2 N–H and O–H groups in total. The number of likely N-dealkylation sites (tertiary alicyclic amines) is 1. The van der Waals surface area contributed by atoms with Crippen LogP contribution in [-0.2, 0) is 31.8 Å². The maximum atomic E-state index is 14.3. The van der Waals surface area contributed by atoms with E-state index in [1.54, 1.807) is 48.5 Å². The number of nitrogens with one attached hydrogen (secondary N) is 2. The Kier molecular flexibility index (Phi) is 18.8. The Labute approximate surface area is 471 Å². The van der Waals surface area contributed by atoms with Gasteiger partial charge in [-0.15, -0.1) is 0 Å². The lowest BCUT2D eigenvalue weighted by Crippen LogP contribution is -2.48. The molecule has 0 radical (unpaired) electrons. The summed E-state index contributed by atoms with van der Waals surface area (Å²) < 4.78 is 34.1. The van der Waals surface area contributed by atoms with E-state index in [0.29, 0.717) is 93.3 Å². The van der Waals surface area contributed by atoms with E-state index in [2.05, 4.69) is 20.6 Å². The van der Waals surface area contributed by atoms with Gasteiger partial charge in [-0.05, 0) is 190 Å². The topological polar surface area (TPSA) is 212 Å². The van der Waals surface area contributed by atoms with E-state index in [0.717, 1.165) is 93.5 Å². The number of piperidine rings is 2. The van der Waals surface area contributed by atoms with Crippen molar-refractivity contribution in [1.82, 2.24) is 30.2 Å². The minimum absolute atomic E-state index is 0.0245. The number of anilines is 4. The highest BCUT2D eigenvalue weighted by Gasteiger charge is 2.41. The fourth-order valence-corrected chi connectivity index (χ4v) is 11.6. The molecule has 2 aromatic carbocycles. The fourth-order valence-electron chi connectivity index (χ4n) is 11.6. The average molecular weight is 1100 g/mol. The lowest BCUT2D eigenvalue weighted by molar-refractivity contribution is 0.0185. The van der Waals surface area contributed by atoms with Crippen LogP contribution in [0.5, 0.6) is 11.5 Å². The zero-order chi connectivity index (χ0) is 56.6. The molecule has 2 saturated carbocycles. The van der Waals surface area contributed by atoms with E-state index >= 15 is 0 Å². The molecular formula is C60H82N10O10. The molecule has 4 aromatic rings. The van der Waals surface area contributed by atoms with Gasteiger partial charge >= 0.3 is 12.2 Å². The van der Waals surface area contributed by atoms with Crippen LogP contribution >= 0.6 is 0 Å². The summed E-state index contributed by atoms with van der Waals surface area (Å²) in [4.78, 5) is 79.8. The minimum Gasteiger partial charge on any atom is -0.493 e. The van der Waals surface area contributed by atoms with Crippen LogP contribution in [-0.4, -0.2) is 151 Å². The maximum absolute atomic E-state index is 14.3. The van der Waals surface area contributed by atoms with Gasteiger partial charge in [-0.2, -0.15) is 9.97 Å². The molecule has 20 nitrogen and oxygen atoms in total. The Hall–Kier alpha value is -6.64. The number of hydrogen-bond acceptors (Lipinski definition) is 16. The summed E-state index contributed by atoms with van der Waals surface area (Å²) in [5.74, 6) is 3.71. The summed E-state index contributed by atoms with van der Waals surface area (Å²) in [6.07, 6.45) is 13.1. The van der Waals surface area contributed by atoms with Crippen molar-refractivity contribution < 1.29 is 47.6 Å². The van der Waals surface area contributed by atoms with Gasteiger partial charge in [0.25, 0.3) is 11.8 Å². The van der Waals surface area contributed by atoms with Gasteiger partial charge in [0.2, 0.25) is 11.9 Å². The molecule has 6 aliphatic rings. The van der Waals surface area contributed by atoms with Gasteiger partial charge in [0.15, 0.2) is 0 Å². The van der Waals surface area contributed by atoms with Gasteiger partial charge in [-0.25, -0.2) is 24.5 Å². The highest BCUT2D eigenvalue weighted by Crippen LogP contribution is 2.34. The lowest BCUT2D eigenvalue weighted by Gasteiger charge is -2.36. The third-order valence-corrected chi connectivity index (χ3v) is 15.7. The maximum Gasteiger partial charge on any atom is 0.417 e. The number of amides is 4. The van der Waals surface area contributed by atoms with E-state index in [9.17, 15) is 19.2 Å². The number of aromatic nitrogens is 4. The molecule has 0 bridgehead atoms. The Morgan fingerprint density at radius 2 is 1.21 bits per heavy atom. The van der Waals surface area contributed by atoms with E-state index < -0.39 is 17.3 Å². The zero-order valence-corrected chi connectivity index (χ0v) is 48.0. The van der Waals surface area contributed by atoms with Gasteiger partial charge in [-0.1, -0.05) is 0 Å². The van der Waals surface area contributed by atoms with Crippen molar-refractivity contribution in [3.63, 3.8) is 0 Å². The molecule has 0 spiro atoms. The fraction of sp³-hybridized carbons (Fsp3) is 0.600. The number of carbonyl (C=O) groups is 4.